The Morgan fingerprint density at radius 3 is 2.61 bits per heavy atom. The van der Waals surface area contributed by atoms with Crippen LogP contribution in [0.2, 0.25) is 0 Å². The zero-order chi connectivity index (χ0) is 20.8. The highest BCUT2D eigenvalue weighted by atomic mass is 32.2. The highest BCUT2D eigenvalue weighted by Gasteiger charge is 2.07. The Morgan fingerprint density at radius 1 is 1.14 bits per heavy atom. The maximum absolute atomic E-state index is 11.4. The second-order valence-electron chi connectivity index (χ2n) is 6.16. The van der Waals surface area contributed by atoms with Crippen LogP contribution in [0.5, 0.6) is 5.75 Å². The molecule has 0 saturated carbocycles. The second kappa shape index (κ2) is 13.4. The Morgan fingerprint density at radius 2 is 1.93 bits per heavy atom. The lowest BCUT2D eigenvalue weighted by Crippen LogP contribution is -2.38. The number of ether oxygens (including phenoxy) is 2. The molecule has 1 rings (SSSR count). The van der Waals surface area contributed by atoms with Crippen LogP contribution in [-0.2, 0) is 21.3 Å². The molecule has 28 heavy (non-hydrogen) atoms. The van der Waals surface area contributed by atoms with Gasteiger partial charge in [-0.05, 0) is 38.8 Å². The van der Waals surface area contributed by atoms with Gasteiger partial charge in [-0.15, -0.1) is 0 Å². The van der Waals surface area contributed by atoms with Crippen molar-refractivity contribution in [3.05, 3.63) is 29.3 Å². The molecule has 3 N–H and O–H groups in total. The number of hydrogen-bond acceptors (Lipinski definition) is 5. The second-order valence-corrected chi connectivity index (χ2v) is 8.26. The number of benzene rings is 1. The molecular formula is C19H34N4O4S. The van der Waals surface area contributed by atoms with Crippen molar-refractivity contribution >= 4 is 16.0 Å². The van der Waals surface area contributed by atoms with Crippen LogP contribution in [0.4, 0.5) is 0 Å². The molecule has 0 fully saturated rings. The van der Waals surface area contributed by atoms with Crippen LogP contribution in [0.1, 0.15) is 31.4 Å². The van der Waals surface area contributed by atoms with E-state index in [2.05, 4.69) is 20.3 Å². The number of aliphatic imine (C=N–C) groups is 1. The maximum Gasteiger partial charge on any atom is 0.211 e. The topological polar surface area (TPSA) is 101 Å². The van der Waals surface area contributed by atoms with Crippen molar-refractivity contribution in [1.29, 1.82) is 0 Å². The lowest BCUT2D eigenvalue weighted by atomic mass is 10.1. The van der Waals surface area contributed by atoms with Crippen molar-refractivity contribution in [3.63, 3.8) is 0 Å². The van der Waals surface area contributed by atoms with E-state index in [1.54, 1.807) is 14.0 Å². The lowest BCUT2D eigenvalue weighted by molar-refractivity contribution is 0.110. The van der Waals surface area contributed by atoms with Gasteiger partial charge in [-0.25, -0.2) is 13.1 Å². The van der Waals surface area contributed by atoms with Crippen LogP contribution in [-0.4, -0.2) is 60.1 Å². The van der Waals surface area contributed by atoms with Gasteiger partial charge in [-0.1, -0.05) is 12.1 Å². The molecule has 0 atom stereocenters. The van der Waals surface area contributed by atoms with Crippen LogP contribution in [0, 0.1) is 6.92 Å². The van der Waals surface area contributed by atoms with Crippen molar-refractivity contribution in [2.24, 2.45) is 4.99 Å². The fourth-order valence-corrected chi connectivity index (χ4v) is 2.98. The molecule has 0 aromatic heterocycles. The third-order valence-corrected chi connectivity index (χ3v) is 5.33. The van der Waals surface area contributed by atoms with Gasteiger partial charge >= 0.3 is 0 Å². The molecule has 1 aromatic carbocycles. The minimum absolute atomic E-state index is 0.0924. The van der Waals surface area contributed by atoms with E-state index < -0.39 is 10.0 Å². The molecule has 0 bridgehead atoms. The number of nitrogens with zero attached hydrogens (tertiary/aromatic N) is 1. The van der Waals surface area contributed by atoms with Gasteiger partial charge in [0.1, 0.15) is 12.4 Å². The molecule has 9 heteroatoms. The summed E-state index contributed by atoms with van der Waals surface area (Å²) in [7, 11) is -1.44. The monoisotopic (exact) mass is 414 g/mol. The largest absolute Gasteiger partial charge is 0.491 e. The Kier molecular flexibility index (Phi) is 11.5. The molecule has 0 unspecified atom stereocenters. The summed E-state index contributed by atoms with van der Waals surface area (Å²) in [6.45, 7) is 8.91. The fourth-order valence-electron chi connectivity index (χ4n) is 2.32. The quantitative estimate of drug-likeness (QED) is 0.256. The number of rotatable bonds is 13. The SMILES string of the molecule is CCOCCOc1cc(C)ccc1CNC(=NC)NCCCNS(=O)(=O)CC. The van der Waals surface area contributed by atoms with Crippen LogP contribution in [0.15, 0.2) is 23.2 Å². The summed E-state index contributed by atoms with van der Waals surface area (Å²) in [4.78, 5) is 4.19. The first-order valence-corrected chi connectivity index (χ1v) is 11.3. The van der Waals surface area contributed by atoms with E-state index >= 15 is 0 Å². The molecule has 160 valence electrons. The third-order valence-electron chi connectivity index (χ3n) is 3.93. The predicted molar refractivity (Wildman–Crippen MR) is 113 cm³/mol. The minimum Gasteiger partial charge on any atom is -0.491 e. The van der Waals surface area contributed by atoms with E-state index in [9.17, 15) is 8.42 Å². The molecule has 1 aromatic rings. The van der Waals surface area contributed by atoms with Crippen LogP contribution in [0.3, 0.4) is 0 Å². The summed E-state index contributed by atoms with van der Waals surface area (Å²) in [5, 5.41) is 6.43. The maximum atomic E-state index is 11.4. The normalized spacial score (nSPS) is 12.1. The zero-order valence-corrected chi connectivity index (χ0v) is 18.2. The molecule has 0 aliphatic carbocycles. The molecule has 0 aliphatic heterocycles. The van der Waals surface area contributed by atoms with Crippen molar-refractivity contribution in [2.45, 2.75) is 33.7 Å². The summed E-state index contributed by atoms with van der Waals surface area (Å²) in [5.41, 5.74) is 2.16. The summed E-state index contributed by atoms with van der Waals surface area (Å²) in [6.07, 6.45) is 0.663. The Hall–Kier alpha value is -1.84. The standard InChI is InChI=1S/C19H34N4O4S/c1-5-26-12-13-27-18-14-16(3)8-9-17(18)15-22-19(20-4)21-10-7-11-23-28(24,25)6-2/h8-9,14,23H,5-7,10-13,15H2,1-4H3,(H2,20,21,22). The Labute approximate surface area is 169 Å². The number of aryl methyl sites for hydroxylation is 1. The minimum atomic E-state index is -3.14. The Balaban J connectivity index is 2.45. The van der Waals surface area contributed by atoms with E-state index in [0.29, 0.717) is 51.8 Å². The number of nitrogens with one attached hydrogen (secondary N) is 3. The predicted octanol–water partition coefficient (Wildman–Crippen LogP) is 1.40. The van der Waals surface area contributed by atoms with Crippen LogP contribution >= 0.6 is 0 Å². The smallest absolute Gasteiger partial charge is 0.211 e. The Bertz CT molecular complexity index is 708. The van der Waals surface area contributed by atoms with Crippen molar-refractivity contribution < 1.29 is 17.9 Å². The average molecular weight is 415 g/mol. The summed E-state index contributed by atoms with van der Waals surface area (Å²) in [5.74, 6) is 1.57. The van der Waals surface area contributed by atoms with Gasteiger partial charge < -0.3 is 20.1 Å². The highest BCUT2D eigenvalue weighted by molar-refractivity contribution is 7.89. The molecule has 0 saturated heterocycles. The third kappa shape index (κ3) is 9.91. The van der Waals surface area contributed by atoms with Crippen molar-refractivity contribution in [3.8, 4) is 5.75 Å². The zero-order valence-electron chi connectivity index (χ0n) is 17.4. The number of hydrogen-bond donors (Lipinski definition) is 3. The molecule has 0 radical (unpaired) electrons. The summed E-state index contributed by atoms with van der Waals surface area (Å²) >= 11 is 0. The number of guanidine groups is 1. The van der Waals surface area contributed by atoms with Crippen LogP contribution in [0.25, 0.3) is 0 Å². The van der Waals surface area contributed by atoms with Gasteiger partial charge in [0, 0.05) is 38.9 Å². The highest BCUT2D eigenvalue weighted by Crippen LogP contribution is 2.20. The molecule has 0 amide bonds. The van der Waals surface area contributed by atoms with Gasteiger partial charge in [-0.2, -0.15) is 0 Å². The molecule has 0 heterocycles. The molecular weight excluding hydrogens is 380 g/mol. The summed E-state index contributed by atoms with van der Waals surface area (Å²) in [6, 6.07) is 6.09. The van der Waals surface area contributed by atoms with Gasteiger partial charge in [0.2, 0.25) is 10.0 Å². The first-order chi connectivity index (χ1) is 13.4. The fraction of sp³-hybridized carbons (Fsp3) is 0.632. The summed E-state index contributed by atoms with van der Waals surface area (Å²) < 4.78 is 36.5. The average Bonchev–Trinajstić information content (AvgIpc) is 2.68. The van der Waals surface area contributed by atoms with Crippen LogP contribution < -0.4 is 20.1 Å². The molecule has 0 aliphatic rings. The lowest BCUT2D eigenvalue weighted by Gasteiger charge is -2.15. The van der Waals surface area contributed by atoms with E-state index in [4.69, 9.17) is 9.47 Å². The molecule has 8 nitrogen and oxygen atoms in total. The van der Waals surface area contributed by atoms with Gasteiger partial charge in [0.25, 0.3) is 0 Å². The van der Waals surface area contributed by atoms with Gasteiger partial charge in [0.05, 0.1) is 12.4 Å². The number of sulfonamides is 1. The van der Waals surface area contributed by atoms with Crippen molar-refractivity contribution in [2.75, 3.05) is 45.7 Å². The molecule has 0 spiro atoms. The van der Waals surface area contributed by atoms with E-state index in [1.165, 1.54) is 0 Å². The van der Waals surface area contributed by atoms with E-state index in [1.807, 2.05) is 32.0 Å². The van der Waals surface area contributed by atoms with Gasteiger partial charge in [0.15, 0.2) is 5.96 Å². The van der Waals surface area contributed by atoms with E-state index in [-0.39, 0.29) is 5.75 Å². The first kappa shape index (κ1) is 24.2. The van der Waals surface area contributed by atoms with E-state index in [0.717, 1.165) is 16.9 Å². The first-order valence-electron chi connectivity index (χ1n) is 9.63. The van der Waals surface area contributed by atoms with Crippen molar-refractivity contribution in [1.82, 2.24) is 15.4 Å². The van der Waals surface area contributed by atoms with Gasteiger partial charge in [-0.3, -0.25) is 4.99 Å².